The van der Waals surface area contributed by atoms with Crippen molar-refractivity contribution in [3.63, 3.8) is 0 Å². The molecule has 2 heterocycles. The Morgan fingerprint density at radius 1 is 0.600 bits per heavy atom. The number of allylic oxidation sites excluding steroid dienone is 1. The first kappa shape index (κ1) is 18.0. The number of hydrogen-bond donors (Lipinski definition) is 0. The fourth-order valence-electron chi connectivity index (χ4n) is 4.71. The van der Waals surface area contributed by atoms with E-state index in [0.717, 1.165) is 6.42 Å². The topological polar surface area (TPSA) is 0 Å². The van der Waals surface area contributed by atoms with Gasteiger partial charge >= 0.3 is 0 Å². The molecule has 6 rings (SSSR count). The Balaban J connectivity index is 1.64. The van der Waals surface area contributed by atoms with Gasteiger partial charge in [0.05, 0.1) is 4.75 Å². The molecule has 0 amide bonds. The van der Waals surface area contributed by atoms with Crippen LogP contribution in [0.1, 0.15) is 22.4 Å². The highest BCUT2D eigenvalue weighted by atomic mass is 32.2. The van der Waals surface area contributed by atoms with E-state index in [2.05, 4.69) is 109 Å². The molecule has 30 heavy (non-hydrogen) atoms. The number of fused-ring (bicyclic) bond motifs is 2. The van der Waals surface area contributed by atoms with Gasteiger partial charge in [-0.15, -0.1) is 23.1 Å². The molecule has 0 unspecified atom stereocenters. The predicted molar refractivity (Wildman–Crippen MR) is 133 cm³/mol. The summed E-state index contributed by atoms with van der Waals surface area (Å²) in [6.45, 7) is 0. The summed E-state index contributed by atoms with van der Waals surface area (Å²) < 4.78 is -0.138. The second kappa shape index (κ2) is 7.16. The fourth-order valence-corrected chi connectivity index (χ4v) is 7.09. The molecule has 1 aromatic heterocycles. The minimum atomic E-state index is -0.138. The predicted octanol–water partition coefficient (Wildman–Crippen LogP) is 8.48. The molecule has 0 atom stereocenters. The van der Waals surface area contributed by atoms with Gasteiger partial charge in [-0.05, 0) is 50.5 Å². The molecule has 0 aliphatic carbocycles. The van der Waals surface area contributed by atoms with Crippen LogP contribution in [-0.2, 0) is 4.75 Å². The summed E-state index contributed by atoms with van der Waals surface area (Å²) in [5, 5.41) is 7.48. The van der Waals surface area contributed by atoms with Crippen molar-refractivity contribution >= 4 is 49.5 Å². The quantitative estimate of drug-likeness (QED) is 0.282. The van der Waals surface area contributed by atoms with Crippen LogP contribution in [0.4, 0.5) is 0 Å². The molecule has 0 nitrogen and oxygen atoms in total. The fraction of sp³-hybridized carbons (Fsp3) is 0.0714. The van der Waals surface area contributed by atoms with Crippen molar-refractivity contribution in [1.82, 2.24) is 0 Å². The zero-order valence-corrected chi connectivity index (χ0v) is 18.0. The van der Waals surface area contributed by atoms with Crippen molar-refractivity contribution in [2.24, 2.45) is 0 Å². The first-order chi connectivity index (χ1) is 14.9. The van der Waals surface area contributed by atoms with Gasteiger partial charge in [0.15, 0.2) is 0 Å². The second-order valence-corrected chi connectivity index (χ2v) is 10.0. The highest BCUT2D eigenvalue weighted by Gasteiger charge is 2.41. The van der Waals surface area contributed by atoms with Crippen LogP contribution in [0.3, 0.4) is 0 Å². The molecule has 0 N–H and O–H groups in total. The van der Waals surface area contributed by atoms with Crippen LogP contribution in [0, 0.1) is 0 Å². The van der Waals surface area contributed by atoms with E-state index in [1.807, 2.05) is 23.1 Å². The standard InChI is InChI=1S/C28H20S2/c1-3-12-22-20(8-1)10-5-14-24(22)28(18-17-27(30-28)26-16-7-19-29-26)25-15-6-11-21-9-2-4-13-23(21)25/h1-17,19H,18H2. The van der Waals surface area contributed by atoms with Crippen molar-refractivity contribution < 1.29 is 0 Å². The van der Waals surface area contributed by atoms with E-state index in [0.29, 0.717) is 0 Å². The smallest absolute Gasteiger partial charge is 0.0751 e. The van der Waals surface area contributed by atoms with Gasteiger partial charge in [-0.25, -0.2) is 0 Å². The summed E-state index contributed by atoms with van der Waals surface area (Å²) in [7, 11) is 0. The summed E-state index contributed by atoms with van der Waals surface area (Å²) in [5.41, 5.74) is 2.81. The average Bonchev–Trinajstić information content (AvgIpc) is 3.49. The Kier molecular flexibility index (Phi) is 4.29. The third-order valence-corrected chi connectivity index (χ3v) is 8.67. The van der Waals surface area contributed by atoms with Gasteiger partial charge in [0.25, 0.3) is 0 Å². The highest BCUT2D eigenvalue weighted by molar-refractivity contribution is 8.09. The van der Waals surface area contributed by atoms with Crippen molar-refractivity contribution in [3.8, 4) is 0 Å². The van der Waals surface area contributed by atoms with Crippen molar-refractivity contribution in [1.29, 1.82) is 0 Å². The molecule has 2 heteroatoms. The summed E-state index contributed by atoms with van der Waals surface area (Å²) >= 11 is 3.85. The van der Waals surface area contributed by atoms with Gasteiger partial charge in [-0.2, -0.15) is 0 Å². The van der Waals surface area contributed by atoms with Crippen LogP contribution in [0.25, 0.3) is 26.5 Å². The van der Waals surface area contributed by atoms with E-state index < -0.39 is 0 Å². The molecule has 0 saturated carbocycles. The Bertz CT molecular complexity index is 1300. The van der Waals surface area contributed by atoms with Gasteiger partial charge in [0.1, 0.15) is 0 Å². The lowest BCUT2D eigenvalue weighted by Gasteiger charge is -2.32. The highest BCUT2D eigenvalue weighted by Crippen LogP contribution is 2.59. The third-order valence-electron chi connectivity index (χ3n) is 6.07. The Morgan fingerprint density at radius 2 is 1.20 bits per heavy atom. The maximum absolute atomic E-state index is 2.44. The van der Waals surface area contributed by atoms with E-state index in [9.17, 15) is 0 Å². The van der Waals surface area contributed by atoms with E-state index in [1.54, 1.807) is 0 Å². The minimum absolute atomic E-state index is 0.138. The molecule has 0 spiro atoms. The number of hydrogen-bond acceptors (Lipinski definition) is 2. The average molecular weight is 421 g/mol. The zero-order chi connectivity index (χ0) is 20.0. The van der Waals surface area contributed by atoms with Gasteiger partial charge in [-0.3, -0.25) is 0 Å². The Morgan fingerprint density at radius 3 is 1.80 bits per heavy atom. The number of benzene rings is 4. The lowest BCUT2D eigenvalue weighted by atomic mass is 9.82. The largest absolute Gasteiger partial charge is 0.143 e. The summed E-state index contributed by atoms with van der Waals surface area (Å²) in [5.74, 6) is 0. The molecule has 0 bridgehead atoms. The van der Waals surface area contributed by atoms with Crippen LogP contribution in [0.5, 0.6) is 0 Å². The molecular formula is C28H20S2. The van der Waals surface area contributed by atoms with Crippen LogP contribution < -0.4 is 0 Å². The van der Waals surface area contributed by atoms with E-state index in [-0.39, 0.29) is 4.75 Å². The first-order valence-corrected chi connectivity index (χ1v) is 11.9. The molecule has 4 aromatic carbocycles. The Hall–Kier alpha value is -2.81. The molecule has 5 aromatic rings. The second-order valence-electron chi connectivity index (χ2n) is 7.73. The summed E-state index contributed by atoms with van der Waals surface area (Å²) in [6, 6.07) is 35.5. The molecule has 144 valence electrons. The lowest BCUT2D eigenvalue weighted by Crippen LogP contribution is -2.21. The van der Waals surface area contributed by atoms with Gasteiger partial charge in [0, 0.05) is 9.78 Å². The zero-order valence-electron chi connectivity index (χ0n) is 16.4. The third kappa shape index (κ3) is 2.75. The number of rotatable bonds is 3. The van der Waals surface area contributed by atoms with Crippen LogP contribution in [-0.4, -0.2) is 0 Å². The van der Waals surface area contributed by atoms with Crippen molar-refractivity contribution in [2.75, 3.05) is 0 Å². The molecule has 0 fully saturated rings. The minimum Gasteiger partial charge on any atom is -0.143 e. The number of thiophene rings is 1. The SMILES string of the molecule is C1=C(c2cccs2)SC(c2cccc3ccccc23)(c2cccc3ccccc23)C1. The lowest BCUT2D eigenvalue weighted by molar-refractivity contribution is 0.785. The van der Waals surface area contributed by atoms with Crippen LogP contribution >= 0.6 is 23.1 Å². The van der Waals surface area contributed by atoms with Crippen molar-refractivity contribution in [3.05, 3.63) is 125 Å². The van der Waals surface area contributed by atoms with Gasteiger partial charge < -0.3 is 0 Å². The molecule has 0 radical (unpaired) electrons. The summed E-state index contributed by atoms with van der Waals surface area (Å²) in [6.07, 6.45) is 3.44. The van der Waals surface area contributed by atoms with Crippen LogP contribution in [0.2, 0.25) is 0 Å². The van der Waals surface area contributed by atoms with Gasteiger partial charge in [0.2, 0.25) is 0 Å². The monoisotopic (exact) mass is 420 g/mol. The molecule has 0 saturated heterocycles. The maximum atomic E-state index is 2.44. The normalized spacial score (nSPS) is 15.5. The maximum Gasteiger partial charge on any atom is 0.0751 e. The van der Waals surface area contributed by atoms with E-state index >= 15 is 0 Å². The van der Waals surface area contributed by atoms with Crippen molar-refractivity contribution in [2.45, 2.75) is 11.2 Å². The summed E-state index contributed by atoms with van der Waals surface area (Å²) in [4.78, 5) is 2.76. The van der Waals surface area contributed by atoms with E-state index in [1.165, 1.54) is 42.5 Å². The first-order valence-electron chi connectivity index (χ1n) is 10.2. The van der Waals surface area contributed by atoms with Crippen LogP contribution in [0.15, 0.2) is 109 Å². The molecule has 1 aliphatic rings. The van der Waals surface area contributed by atoms with E-state index in [4.69, 9.17) is 0 Å². The Labute approximate surface area is 184 Å². The van der Waals surface area contributed by atoms with Gasteiger partial charge in [-0.1, -0.05) is 97.1 Å². The number of thioether (sulfide) groups is 1. The molecular weight excluding hydrogens is 400 g/mol. The molecule has 1 aliphatic heterocycles.